The summed E-state index contributed by atoms with van der Waals surface area (Å²) in [5.41, 5.74) is 0.620. The second-order valence-corrected chi connectivity index (χ2v) is 4.30. The fourth-order valence-electron chi connectivity index (χ4n) is 1.11. The van der Waals surface area contributed by atoms with Gasteiger partial charge in [0.25, 0.3) is 0 Å². The summed E-state index contributed by atoms with van der Waals surface area (Å²) < 4.78 is 1.04. The van der Waals surface area contributed by atoms with Gasteiger partial charge in [-0.25, -0.2) is 4.98 Å². The molecule has 70 valence electrons. The summed E-state index contributed by atoms with van der Waals surface area (Å²) in [6, 6.07) is 3.35. The van der Waals surface area contributed by atoms with Crippen LogP contribution in [0.2, 0.25) is 0 Å². The van der Waals surface area contributed by atoms with Crippen molar-refractivity contribution in [2.75, 3.05) is 0 Å². The van der Waals surface area contributed by atoms with Crippen LogP contribution in [0.4, 0.5) is 0 Å². The Bertz CT molecular complexity index is 489. The van der Waals surface area contributed by atoms with Gasteiger partial charge in [0.1, 0.15) is 0 Å². The number of nitrogens with one attached hydrogen (secondary N) is 1. The van der Waals surface area contributed by atoms with E-state index in [9.17, 15) is 4.79 Å². The summed E-state index contributed by atoms with van der Waals surface area (Å²) in [5.74, 6) is 0.418. The van der Waals surface area contributed by atoms with E-state index in [1.807, 2.05) is 6.07 Å². The molecule has 0 amide bonds. The summed E-state index contributed by atoms with van der Waals surface area (Å²) in [4.78, 5) is 18.0. The molecule has 0 aliphatic heterocycles. The molecule has 1 N–H and O–H groups in total. The zero-order chi connectivity index (χ0) is 9.42. The Morgan fingerprint density at radius 2 is 2.31 bits per heavy atom. The Morgan fingerprint density at radius 1 is 1.54 bits per heavy atom. The number of thiazole rings is 1. The fourth-order valence-corrected chi connectivity index (χ4v) is 2.04. The molecule has 0 radical (unpaired) electrons. The molecule has 0 atom stereocenters. The minimum absolute atomic E-state index is 0. The first-order chi connectivity index (χ1) is 6.16. The van der Waals surface area contributed by atoms with Crippen molar-refractivity contribution in [3.05, 3.63) is 27.5 Å². The normalized spacial score (nSPS) is 11.3. The number of aromatic nitrogens is 2. The molecule has 0 fully saturated rings. The van der Waals surface area contributed by atoms with E-state index in [1.54, 1.807) is 11.3 Å². The third kappa shape index (κ3) is 1.49. The van der Waals surface area contributed by atoms with Gasteiger partial charge in [0.2, 0.25) is 5.56 Å². The molecule has 0 aliphatic carbocycles. The van der Waals surface area contributed by atoms with Crippen molar-refractivity contribution in [3.63, 3.8) is 0 Å². The number of aromatic amines is 1. The molecular weight excluding hydrogens is 184 g/mol. The lowest BCUT2D eigenvalue weighted by molar-refractivity contribution is 0.855. The fraction of sp³-hybridized carbons (Fsp3) is 0.333. The number of pyridine rings is 1. The Hall–Kier alpha value is -1.16. The molecule has 3 nitrogen and oxygen atoms in total. The van der Waals surface area contributed by atoms with Crippen molar-refractivity contribution in [1.29, 1.82) is 0 Å². The van der Waals surface area contributed by atoms with Crippen LogP contribution >= 0.6 is 11.3 Å². The monoisotopic (exact) mass is 196 g/mol. The van der Waals surface area contributed by atoms with E-state index in [4.69, 9.17) is 0 Å². The van der Waals surface area contributed by atoms with Gasteiger partial charge >= 0.3 is 0 Å². The van der Waals surface area contributed by atoms with Gasteiger partial charge in [-0.05, 0) is 6.07 Å². The predicted molar refractivity (Wildman–Crippen MR) is 56.4 cm³/mol. The Balaban J connectivity index is 0.000000980. The first-order valence-electron chi connectivity index (χ1n) is 4.16. The van der Waals surface area contributed by atoms with Crippen LogP contribution in [0.3, 0.4) is 0 Å². The van der Waals surface area contributed by atoms with Crippen molar-refractivity contribution in [1.82, 2.24) is 9.97 Å². The van der Waals surface area contributed by atoms with Crippen LogP contribution in [0.15, 0.2) is 16.9 Å². The van der Waals surface area contributed by atoms with Gasteiger partial charge in [-0.15, -0.1) is 11.3 Å². The molecule has 13 heavy (non-hydrogen) atoms. The Morgan fingerprint density at radius 3 is 3.00 bits per heavy atom. The molecule has 2 aromatic heterocycles. The smallest absolute Gasteiger partial charge is 0.249 e. The van der Waals surface area contributed by atoms with Gasteiger partial charge in [-0.2, -0.15) is 0 Å². The third-order valence-corrected chi connectivity index (χ3v) is 3.11. The summed E-state index contributed by atoms with van der Waals surface area (Å²) in [6.45, 7) is 4.19. The molecule has 0 saturated heterocycles. The summed E-state index contributed by atoms with van der Waals surface area (Å²) in [5, 5.41) is 1.07. The van der Waals surface area contributed by atoms with E-state index in [1.165, 1.54) is 6.07 Å². The molecule has 2 rings (SSSR count). The predicted octanol–water partition coefficient (Wildman–Crippen LogP) is 2.35. The number of hydrogen-bond donors (Lipinski definition) is 1. The number of rotatable bonds is 1. The number of fused-ring (bicyclic) bond motifs is 1. The topological polar surface area (TPSA) is 45.8 Å². The van der Waals surface area contributed by atoms with E-state index >= 15 is 0 Å². The Kier molecular flexibility index (Phi) is 1.92. The van der Waals surface area contributed by atoms with E-state index in [-0.39, 0.29) is 6.99 Å². The van der Waals surface area contributed by atoms with Crippen LogP contribution in [-0.4, -0.2) is 9.97 Å². The van der Waals surface area contributed by atoms with E-state index in [2.05, 4.69) is 23.8 Å². The molecule has 0 saturated carbocycles. The summed E-state index contributed by atoms with van der Waals surface area (Å²) in [7, 11) is 0. The maximum absolute atomic E-state index is 11.0. The second-order valence-electron chi connectivity index (χ2n) is 3.24. The zero-order valence-electron chi connectivity index (χ0n) is 7.50. The minimum atomic E-state index is -0.0897. The van der Waals surface area contributed by atoms with E-state index in [0.717, 1.165) is 9.71 Å². The highest BCUT2D eigenvalue weighted by molar-refractivity contribution is 7.18. The van der Waals surface area contributed by atoms with Crippen LogP contribution in [0, 0.1) is 0 Å². The van der Waals surface area contributed by atoms with Crippen LogP contribution in [-0.2, 0) is 0 Å². The van der Waals surface area contributed by atoms with Gasteiger partial charge in [0.15, 0.2) is 5.65 Å². The molecule has 0 spiro atoms. The maximum Gasteiger partial charge on any atom is 0.249 e. The Labute approximate surface area is 80.9 Å². The van der Waals surface area contributed by atoms with Crippen molar-refractivity contribution in [3.8, 4) is 0 Å². The molecule has 0 aliphatic rings. The highest BCUT2D eigenvalue weighted by Crippen LogP contribution is 2.24. The number of nitrogens with zero attached hydrogens (tertiary/aromatic N) is 1. The number of hydrogen-bond acceptors (Lipinski definition) is 3. The lowest BCUT2D eigenvalue weighted by atomic mass is 10.2. The van der Waals surface area contributed by atoms with Gasteiger partial charge in [0.05, 0.1) is 9.71 Å². The molecule has 4 heteroatoms. The van der Waals surface area contributed by atoms with Gasteiger partial charge in [-0.1, -0.05) is 13.8 Å². The molecular formula is C9H12N2OS. The summed E-state index contributed by atoms with van der Waals surface area (Å²) >= 11 is 1.63. The lowest BCUT2D eigenvalue weighted by Gasteiger charge is -1.94. The second kappa shape index (κ2) is 2.96. The molecule has 2 aromatic rings. The van der Waals surface area contributed by atoms with Gasteiger partial charge in [-0.3, -0.25) is 4.79 Å². The largest absolute Gasteiger partial charge is 0.306 e. The average Bonchev–Trinajstić information content (AvgIpc) is 2.46. The highest BCUT2D eigenvalue weighted by Gasteiger charge is 2.06. The molecule has 0 aromatic carbocycles. The van der Waals surface area contributed by atoms with Gasteiger partial charge in [0, 0.05) is 13.4 Å². The standard InChI is InChI=1S/C9H10N2OS.H2/c1-5(2)9-11-8-6(13-9)3-4-7(12)10-8;/h3-5H,1-2H3,(H,10,12);1H. The minimum Gasteiger partial charge on any atom is -0.306 e. The molecule has 0 unspecified atom stereocenters. The first kappa shape index (κ1) is 8.44. The SMILES string of the molecule is CC(C)c1nc2[nH]c(=O)ccc2s1.[HH]. The molecule has 2 heterocycles. The van der Waals surface area contributed by atoms with Crippen molar-refractivity contribution < 1.29 is 1.43 Å². The first-order valence-corrected chi connectivity index (χ1v) is 4.98. The van der Waals surface area contributed by atoms with E-state index in [0.29, 0.717) is 11.6 Å². The quantitative estimate of drug-likeness (QED) is 0.761. The average molecular weight is 196 g/mol. The third-order valence-electron chi connectivity index (χ3n) is 1.79. The maximum atomic E-state index is 11.0. The van der Waals surface area contributed by atoms with Crippen molar-refractivity contribution in [2.45, 2.75) is 19.8 Å². The zero-order valence-corrected chi connectivity index (χ0v) is 8.31. The van der Waals surface area contributed by atoms with Crippen molar-refractivity contribution >= 4 is 21.7 Å². The van der Waals surface area contributed by atoms with Crippen LogP contribution < -0.4 is 5.56 Å². The molecule has 0 bridgehead atoms. The van der Waals surface area contributed by atoms with Gasteiger partial charge < -0.3 is 4.98 Å². The summed E-state index contributed by atoms with van der Waals surface area (Å²) in [6.07, 6.45) is 0. The van der Waals surface area contributed by atoms with Crippen LogP contribution in [0.25, 0.3) is 10.3 Å². The van der Waals surface area contributed by atoms with E-state index < -0.39 is 0 Å². The van der Waals surface area contributed by atoms with Crippen LogP contribution in [0.1, 0.15) is 26.2 Å². The number of H-pyrrole nitrogens is 1. The highest BCUT2D eigenvalue weighted by atomic mass is 32.1. The van der Waals surface area contributed by atoms with Crippen molar-refractivity contribution in [2.24, 2.45) is 0 Å². The van der Waals surface area contributed by atoms with Crippen LogP contribution in [0.5, 0.6) is 0 Å². The lowest BCUT2D eigenvalue weighted by Crippen LogP contribution is -2.01.